The maximum atomic E-state index is 12.7. The lowest BCUT2D eigenvalue weighted by molar-refractivity contribution is -0.136. The second-order valence-corrected chi connectivity index (χ2v) is 9.16. The lowest BCUT2D eigenvalue weighted by Crippen LogP contribution is -2.44. The van der Waals surface area contributed by atoms with Crippen LogP contribution in [0.4, 0.5) is 4.79 Å². The Morgan fingerprint density at radius 1 is 1.24 bits per heavy atom. The first-order valence-electron chi connectivity index (χ1n) is 9.20. The van der Waals surface area contributed by atoms with Gasteiger partial charge in [-0.05, 0) is 87.5 Å². The minimum absolute atomic E-state index is 0.0592. The molecule has 2 heterocycles. The van der Waals surface area contributed by atoms with Gasteiger partial charge < -0.3 is 14.7 Å². The van der Waals surface area contributed by atoms with Gasteiger partial charge in [0.1, 0.15) is 6.54 Å². The third-order valence-electron chi connectivity index (χ3n) is 4.64. The molecule has 0 spiro atoms. The molecule has 2 saturated heterocycles. The first-order valence-corrected chi connectivity index (χ1v) is 11.6. The quantitative estimate of drug-likeness (QED) is 0.551. The van der Waals surface area contributed by atoms with Crippen LogP contribution in [0.25, 0.3) is 6.08 Å². The van der Waals surface area contributed by atoms with Crippen molar-refractivity contribution < 1.29 is 24.2 Å². The number of phenolic OH excluding ortho intramolecular Hbond substituents is 1. The number of hydrogen-bond donors (Lipinski definition) is 1. The van der Waals surface area contributed by atoms with Gasteiger partial charge in [0.15, 0.2) is 11.5 Å². The fourth-order valence-electron chi connectivity index (χ4n) is 3.14. The van der Waals surface area contributed by atoms with Crippen LogP contribution in [0, 0.1) is 0 Å². The topological polar surface area (TPSA) is 87.2 Å². The molecule has 0 aliphatic carbocycles. The van der Waals surface area contributed by atoms with E-state index in [1.165, 1.54) is 0 Å². The number of aromatic hydroxyl groups is 1. The fourth-order valence-corrected chi connectivity index (χ4v) is 4.81. The molecule has 3 rings (SSSR count). The van der Waals surface area contributed by atoms with Gasteiger partial charge in [-0.2, -0.15) is 0 Å². The van der Waals surface area contributed by atoms with E-state index in [-0.39, 0.29) is 28.9 Å². The molecule has 0 atom stereocenters. The number of ether oxygens (including phenoxy) is 1. The Morgan fingerprint density at radius 3 is 2.59 bits per heavy atom. The fraction of sp³-hybridized carbons (Fsp3) is 0.421. The molecule has 156 valence electrons. The third kappa shape index (κ3) is 4.80. The van der Waals surface area contributed by atoms with Crippen LogP contribution in [-0.4, -0.2) is 58.2 Å². The van der Waals surface area contributed by atoms with E-state index >= 15 is 0 Å². The van der Waals surface area contributed by atoms with Gasteiger partial charge >= 0.3 is 0 Å². The molecular weight excluding hydrogens is 528 g/mol. The zero-order valence-corrected chi connectivity index (χ0v) is 19.7. The van der Waals surface area contributed by atoms with Crippen molar-refractivity contribution in [1.29, 1.82) is 0 Å². The molecule has 0 aromatic heterocycles. The van der Waals surface area contributed by atoms with Crippen molar-refractivity contribution in [3.63, 3.8) is 0 Å². The van der Waals surface area contributed by atoms with Gasteiger partial charge in [-0.1, -0.05) is 0 Å². The van der Waals surface area contributed by atoms with E-state index in [1.54, 1.807) is 24.0 Å². The molecule has 29 heavy (non-hydrogen) atoms. The second kappa shape index (κ2) is 9.53. The first-order chi connectivity index (χ1) is 13.8. The molecule has 3 amide bonds. The number of thioether (sulfide) groups is 1. The molecule has 10 heteroatoms. The van der Waals surface area contributed by atoms with Crippen LogP contribution in [0.2, 0.25) is 0 Å². The minimum atomic E-state index is -0.501. The Bertz CT molecular complexity index is 884. The van der Waals surface area contributed by atoms with Crippen molar-refractivity contribution in [2.45, 2.75) is 26.2 Å². The summed E-state index contributed by atoms with van der Waals surface area (Å²) in [5.41, 5.74) is 0.561. The molecule has 1 aromatic carbocycles. The SMILES string of the molecule is CCOc1cc(/C=C2\SC(=O)N(CC(=O)N3CCCCC3)C2=O)c(Br)c(Br)c1O. The van der Waals surface area contributed by atoms with Crippen molar-refractivity contribution in [2.75, 3.05) is 26.2 Å². The highest BCUT2D eigenvalue weighted by atomic mass is 79.9. The number of piperidine rings is 1. The van der Waals surface area contributed by atoms with E-state index in [0.29, 0.717) is 34.2 Å². The highest BCUT2D eigenvalue weighted by Gasteiger charge is 2.37. The average Bonchev–Trinajstić information content (AvgIpc) is 2.98. The summed E-state index contributed by atoms with van der Waals surface area (Å²) in [7, 11) is 0. The third-order valence-corrected chi connectivity index (χ3v) is 7.70. The largest absolute Gasteiger partial charge is 0.503 e. The predicted octanol–water partition coefficient (Wildman–Crippen LogP) is 4.36. The molecular formula is C19H20Br2N2O5S. The number of carbonyl (C=O) groups is 3. The van der Waals surface area contributed by atoms with Gasteiger partial charge in [0, 0.05) is 17.6 Å². The van der Waals surface area contributed by atoms with Gasteiger partial charge in [0.2, 0.25) is 5.91 Å². The maximum Gasteiger partial charge on any atom is 0.294 e. The van der Waals surface area contributed by atoms with E-state index in [1.807, 2.05) is 0 Å². The average molecular weight is 548 g/mol. The van der Waals surface area contributed by atoms with Gasteiger partial charge in [0.25, 0.3) is 11.1 Å². The number of benzene rings is 1. The molecule has 7 nitrogen and oxygen atoms in total. The highest BCUT2D eigenvalue weighted by molar-refractivity contribution is 9.13. The first kappa shape index (κ1) is 22.2. The van der Waals surface area contributed by atoms with E-state index < -0.39 is 11.1 Å². The van der Waals surface area contributed by atoms with Crippen LogP contribution in [0.5, 0.6) is 11.5 Å². The summed E-state index contributed by atoms with van der Waals surface area (Å²) in [4.78, 5) is 40.5. The van der Waals surface area contributed by atoms with Gasteiger partial charge in [-0.25, -0.2) is 0 Å². The number of carbonyl (C=O) groups excluding carboxylic acids is 3. The summed E-state index contributed by atoms with van der Waals surface area (Å²) in [6, 6.07) is 1.58. The summed E-state index contributed by atoms with van der Waals surface area (Å²) in [5.74, 6) is -0.510. The van der Waals surface area contributed by atoms with E-state index in [4.69, 9.17) is 4.74 Å². The standard InChI is InChI=1S/C19H20Br2N2O5S/c1-2-28-12-8-11(15(20)16(21)17(12)25)9-13-18(26)23(19(27)29-13)10-14(24)22-6-4-3-5-7-22/h8-9,25H,2-7,10H2,1H3/b13-9-. The number of phenols is 1. The van der Waals surface area contributed by atoms with Gasteiger partial charge in [-0.15, -0.1) is 0 Å². The van der Waals surface area contributed by atoms with Crippen LogP contribution in [0.3, 0.4) is 0 Å². The zero-order chi connectivity index (χ0) is 21.1. The van der Waals surface area contributed by atoms with Gasteiger partial charge in [0.05, 0.1) is 16.0 Å². The smallest absolute Gasteiger partial charge is 0.294 e. The summed E-state index contributed by atoms with van der Waals surface area (Å²) in [6.07, 6.45) is 4.53. The van der Waals surface area contributed by atoms with E-state index in [2.05, 4.69) is 31.9 Å². The number of amides is 3. The number of imide groups is 1. The summed E-state index contributed by atoms with van der Waals surface area (Å²) >= 11 is 7.46. The van der Waals surface area contributed by atoms with Gasteiger partial charge in [-0.3, -0.25) is 19.3 Å². The molecule has 0 unspecified atom stereocenters. The number of halogens is 2. The number of rotatable bonds is 5. The highest BCUT2D eigenvalue weighted by Crippen LogP contribution is 2.43. The van der Waals surface area contributed by atoms with Crippen LogP contribution >= 0.6 is 43.6 Å². The summed E-state index contributed by atoms with van der Waals surface area (Å²) < 4.78 is 6.32. The molecule has 0 bridgehead atoms. The van der Waals surface area contributed by atoms with Crippen LogP contribution in [0.1, 0.15) is 31.7 Å². The Balaban J connectivity index is 1.82. The Labute approximate surface area is 189 Å². The predicted molar refractivity (Wildman–Crippen MR) is 118 cm³/mol. The maximum absolute atomic E-state index is 12.7. The van der Waals surface area contributed by atoms with Crippen LogP contribution in [-0.2, 0) is 9.59 Å². The normalized spacial score (nSPS) is 18.7. The molecule has 1 aromatic rings. The van der Waals surface area contributed by atoms with Crippen LogP contribution in [0.15, 0.2) is 19.9 Å². The summed E-state index contributed by atoms with van der Waals surface area (Å²) in [5, 5.41) is 9.69. The lowest BCUT2D eigenvalue weighted by Gasteiger charge is -2.27. The van der Waals surface area contributed by atoms with E-state index in [0.717, 1.165) is 35.9 Å². The Morgan fingerprint density at radius 2 is 1.93 bits per heavy atom. The Kier molecular flexibility index (Phi) is 7.28. The second-order valence-electron chi connectivity index (χ2n) is 6.58. The van der Waals surface area contributed by atoms with Crippen LogP contribution < -0.4 is 4.74 Å². The van der Waals surface area contributed by atoms with E-state index in [9.17, 15) is 19.5 Å². The van der Waals surface area contributed by atoms with Crippen molar-refractivity contribution in [1.82, 2.24) is 9.80 Å². The molecule has 2 fully saturated rings. The number of hydrogen-bond acceptors (Lipinski definition) is 6. The molecule has 1 N–H and O–H groups in total. The zero-order valence-electron chi connectivity index (χ0n) is 15.7. The summed E-state index contributed by atoms with van der Waals surface area (Å²) in [6.45, 7) is 3.24. The van der Waals surface area contributed by atoms with Crippen molar-refractivity contribution in [3.05, 3.63) is 25.5 Å². The Hall–Kier alpha value is -1.52. The minimum Gasteiger partial charge on any atom is -0.503 e. The molecule has 0 saturated carbocycles. The number of nitrogens with zero attached hydrogens (tertiary/aromatic N) is 2. The molecule has 2 aliphatic rings. The molecule has 0 radical (unpaired) electrons. The van der Waals surface area contributed by atoms with Crippen molar-refractivity contribution >= 4 is 66.8 Å². The number of likely N-dealkylation sites (tertiary alicyclic amines) is 1. The monoisotopic (exact) mass is 546 g/mol. The van der Waals surface area contributed by atoms with Crippen molar-refractivity contribution in [2.24, 2.45) is 0 Å². The lowest BCUT2D eigenvalue weighted by atomic mass is 10.1. The van der Waals surface area contributed by atoms with Crippen molar-refractivity contribution in [3.8, 4) is 11.5 Å². The molecule has 2 aliphatic heterocycles.